The topological polar surface area (TPSA) is 29.1 Å². The van der Waals surface area contributed by atoms with Crippen molar-refractivity contribution in [2.24, 2.45) is 0 Å². The van der Waals surface area contributed by atoms with Crippen LogP contribution in [-0.4, -0.2) is 5.91 Å². The van der Waals surface area contributed by atoms with Crippen molar-refractivity contribution in [3.05, 3.63) is 65.0 Å². The first-order valence-corrected chi connectivity index (χ1v) is 5.50. The molecule has 1 amide bonds. The van der Waals surface area contributed by atoms with Crippen LogP contribution in [0.4, 0.5) is 18.9 Å². The molecule has 0 fully saturated rings. The van der Waals surface area contributed by atoms with E-state index in [1.807, 2.05) is 0 Å². The molecule has 0 saturated carbocycles. The van der Waals surface area contributed by atoms with Crippen LogP contribution in [-0.2, 0) is 0 Å². The van der Waals surface area contributed by atoms with E-state index in [9.17, 15) is 18.0 Å². The highest BCUT2D eigenvalue weighted by Crippen LogP contribution is 2.17. The summed E-state index contributed by atoms with van der Waals surface area (Å²) in [6.07, 6.45) is 0. The van der Waals surface area contributed by atoms with Gasteiger partial charge in [0.05, 0.1) is 11.3 Å². The molecule has 2 rings (SSSR count). The summed E-state index contributed by atoms with van der Waals surface area (Å²) in [5, 5.41) is 2.20. The van der Waals surface area contributed by atoms with E-state index in [1.54, 1.807) is 13.0 Å². The van der Waals surface area contributed by atoms with Gasteiger partial charge in [0.15, 0.2) is 0 Å². The largest absolute Gasteiger partial charge is 0.319 e. The molecule has 0 heterocycles. The van der Waals surface area contributed by atoms with Gasteiger partial charge in [-0.25, -0.2) is 13.2 Å². The van der Waals surface area contributed by atoms with Crippen molar-refractivity contribution in [3.63, 3.8) is 0 Å². The molecule has 0 bridgehead atoms. The highest BCUT2D eigenvalue weighted by Gasteiger charge is 2.14. The normalized spacial score (nSPS) is 10.3. The zero-order chi connectivity index (χ0) is 14.0. The van der Waals surface area contributed by atoms with Crippen molar-refractivity contribution in [1.29, 1.82) is 0 Å². The number of benzene rings is 2. The Morgan fingerprint density at radius 3 is 2.42 bits per heavy atom. The molecule has 0 aliphatic rings. The molecule has 5 heteroatoms. The molecule has 2 nitrogen and oxygen atoms in total. The molecular weight excluding hydrogens is 255 g/mol. The van der Waals surface area contributed by atoms with Crippen molar-refractivity contribution in [2.45, 2.75) is 6.92 Å². The fourth-order valence-electron chi connectivity index (χ4n) is 1.58. The molecular formula is C14H10F3NO. The Balaban J connectivity index is 2.28. The summed E-state index contributed by atoms with van der Waals surface area (Å²) in [5.41, 5.74) is 0.131. The number of hydrogen-bond donors (Lipinski definition) is 1. The number of anilines is 1. The van der Waals surface area contributed by atoms with Gasteiger partial charge in [-0.15, -0.1) is 0 Å². The fraction of sp³-hybridized carbons (Fsp3) is 0.0714. The molecule has 0 atom stereocenters. The van der Waals surface area contributed by atoms with E-state index >= 15 is 0 Å². The average molecular weight is 265 g/mol. The van der Waals surface area contributed by atoms with Crippen molar-refractivity contribution >= 4 is 11.6 Å². The predicted octanol–water partition coefficient (Wildman–Crippen LogP) is 3.66. The van der Waals surface area contributed by atoms with E-state index in [0.717, 1.165) is 18.2 Å². The number of nitrogens with one attached hydrogen (secondary N) is 1. The Morgan fingerprint density at radius 2 is 1.74 bits per heavy atom. The minimum Gasteiger partial charge on any atom is -0.319 e. The maximum atomic E-state index is 13.5. The fourth-order valence-corrected chi connectivity index (χ4v) is 1.58. The SMILES string of the molecule is Cc1ccc(NC(=O)c2cc(F)ccc2F)c(F)c1. The lowest BCUT2D eigenvalue weighted by molar-refractivity contribution is 0.102. The second-order valence-electron chi connectivity index (χ2n) is 4.06. The Morgan fingerprint density at radius 1 is 1.00 bits per heavy atom. The minimum atomic E-state index is -0.903. The summed E-state index contributed by atoms with van der Waals surface area (Å²) in [7, 11) is 0. The van der Waals surface area contributed by atoms with Crippen LogP contribution >= 0.6 is 0 Å². The van der Waals surface area contributed by atoms with Gasteiger partial charge in [0.1, 0.15) is 17.5 Å². The number of carbonyl (C=O) groups is 1. The van der Waals surface area contributed by atoms with Crippen LogP contribution in [0.1, 0.15) is 15.9 Å². The molecule has 0 aromatic heterocycles. The lowest BCUT2D eigenvalue weighted by Gasteiger charge is -2.07. The highest BCUT2D eigenvalue weighted by molar-refractivity contribution is 6.04. The zero-order valence-corrected chi connectivity index (χ0v) is 10.0. The van der Waals surface area contributed by atoms with E-state index in [0.29, 0.717) is 5.56 Å². The van der Waals surface area contributed by atoms with E-state index in [4.69, 9.17) is 0 Å². The number of carbonyl (C=O) groups excluding carboxylic acids is 1. The molecule has 0 unspecified atom stereocenters. The van der Waals surface area contributed by atoms with Gasteiger partial charge in [-0.05, 0) is 42.8 Å². The van der Waals surface area contributed by atoms with E-state index in [1.165, 1.54) is 12.1 Å². The molecule has 19 heavy (non-hydrogen) atoms. The molecule has 0 radical (unpaired) electrons. The minimum absolute atomic E-state index is 0.0840. The summed E-state index contributed by atoms with van der Waals surface area (Å²) in [4.78, 5) is 11.7. The smallest absolute Gasteiger partial charge is 0.258 e. The average Bonchev–Trinajstić information content (AvgIpc) is 2.35. The molecule has 0 aliphatic heterocycles. The standard InChI is InChI=1S/C14H10F3NO/c1-8-2-5-13(12(17)6-8)18-14(19)10-7-9(15)3-4-11(10)16/h2-7H,1H3,(H,18,19). The van der Waals surface area contributed by atoms with Gasteiger partial charge >= 0.3 is 0 Å². The first-order valence-electron chi connectivity index (χ1n) is 5.50. The van der Waals surface area contributed by atoms with Crippen LogP contribution in [0.15, 0.2) is 36.4 Å². The molecule has 1 N–H and O–H groups in total. The predicted molar refractivity (Wildman–Crippen MR) is 65.4 cm³/mol. The van der Waals surface area contributed by atoms with Gasteiger partial charge in [-0.1, -0.05) is 6.07 Å². The summed E-state index contributed by atoms with van der Waals surface area (Å²) in [6.45, 7) is 1.70. The summed E-state index contributed by atoms with van der Waals surface area (Å²) in [5.74, 6) is -3.15. The quantitative estimate of drug-likeness (QED) is 0.882. The third-order valence-electron chi connectivity index (χ3n) is 2.55. The van der Waals surface area contributed by atoms with Crippen molar-refractivity contribution < 1.29 is 18.0 Å². The third-order valence-corrected chi connectivity index (χ3v) is 2.55. The first kappa shape index (κ1) is 13.1. The monoisotopic (exact) mass is 265 g/mol. The highest BCUT2D eigenvalue weighted by atomic mass is 19.1. The summed E-state index contributed by atoms with van der Waals surface area (Å²) >= 11 is 0. The molecule has 2 aromatic rings. The van der Waals surface area contributed by atoms with Crippen LogP contribution in [0.25, 0.3) is 0 Å². The number of rotatable bonds is 2. The number of amides is 1. The Hall–Kier alpha value is -2.30. The van der Waals surface area contributed by atoms with Crippen molar-refractivity contribution in [2.75, 3.05) is 5.32 Å². The second-order valence-corrected chi connectivity index (χ2v) is 4.06. The molecule has 0 spiro atoms. The van der Waals surface area contributed by atoms with E-state index in [2.05, 4.69) is 5.32 Å². The molecule has 98 valence electrons. The van der Waals surface area contributed by atoms with Crippen LogP contribution in [0.2, 0.25) is 0 Å². The van der Waals surface area contributed by atoms with E-state index < -0.39 is 28.9 Å². The van der Waals surface area contributed by atoms with Crippen LogP contribution in [0.3, 0.4) is 0 Å². The van der Waals surface area contributed by atoms with Gasteiger partial charge in [-0.2, -0.15) is 0 Å². The van der Waals surface area contributed by atoms with Crippen molar-refractivity contribution in [1.82, 2.24) is 0 Å². The number of halogens is 3. The zero-order valence-electron chi connectivity index (χ0n) is 10.0. The molecule has 2 aromatic carbocycles. The Kier molecular flexibility index (Phi) is 3.55. The Labute approximate surface area is 107 Å². The van der Waals surface area contributed by atoms with Crippen LogP contribution in [0.5, 0.6) is 0 Å². The van der Waals surface area contributed by atoms with Crippen LogP contribution < -0.4 is 5.32 Å². The summed E-state index contributed by atoms with van der Waals surface area (Å²) < 4.78 is 39.8. The Bertz CT molecular complexity index is 641. The second kappa shape index (κ2) is 5.14. The summed E-state index contributed by atoms with van der Waals surface area (Å²) in [6, 6.07) is 6.70. The van der Waals surface area contributed by atoms with E-state index in [-0.39, 0.29) is 5.69 Å². The maximum Gasteiger partial charge on any atom is 0.258 e. The molecule has 0 aliphatic carbocycles. The van der Waals surface area contributed by atoms with Gasteiger partial charge in [-0.3, -0.25) is 4.79 Å². The van der Waals surface area contributed by atoms with Crippen molar-refractivity contribution in [3.8, 4) is 0 Å². The lowest BCUT2D eigenvalue weighted by Crippen LogP contribution is -2.15. The molecule has 0 saturated heterocycles. The number of hydrogen-bond acceptors (Lipinski definition) is 1. The lowest BCUT2D eigenvalue weighted by atomic mass is 10.1. The maximum absolute atomic E-state index is 13.5. The van der Waals surface area contributed by atoms with Gasteiger partial charge in [0, 0.05) is 0 Å². The number of aryl methyl sites for hydroxylation is 1. The van der Waals surface area contributed by atoms with Gasteiger partial charge in [0.25, 0.3) is 5.91 Å². The third kappa shape index (κ3) is 2.93. The van der Waals surface area contributed by atoms with Gasteiger partial charge < -0.3 is 5.32 Å². The first-order chi connectivity index (χ1) is 8.97. The van der Waals surface area contributed by atoms with Gasteiger partial charge in [0.2, 0.25) is 0 Å². The van der Waals surface area contributed by atoms with Crippen LogP contribution in [0, 0.1) is 24.4 Å².